The Bertz CT molecular complexity index is 379. The molecule has 1 nitrogen and oxygen atoms in total. The average Bonchev–Trinajstić information content (AvgIpc) is 2.47. The van der Waals surface area contributed by atoms with Crippen molar-refractivity contribution in [2.75, 3.05) is 6.54 Å². The standard InChI is InChI=1S/C18H28FN/c1-3-18(16-8-10-17(19)11-9-16)20-13-12-15-6-4-14(2)5-7-15/h8-11,14-15,18,20H,3-7,12-13H2,1-2H3. The summed E-state index contributed by atoms with van der Waals surface area (Å²) in [5.74, 6) is 1.69. The first-order valence-electron chi connectivity index (χ1n) is 8.18. The van der Waals surface area contributed by atoms with Crippen LogP contribution in [-0.4, -0.2) is 6.54 Å². The first-order valence-corrected chi connectivity index (χ1v) is 8.18. The molecule has 1 saturated carbocycles. The Morgan fingerprint density at radius 3 is 2.40 bits per heavy atom. The van der Waals surface area contributed by atoms with Gasteiger partial charge in [-0.3, -0.25) is 0 Å². The predicted octanol–water partition coefficient (Wildman–Crippen LogP) is 5.08. The highest BCUT2D eigenvalue weighted by molar-refractivity contribution is 5.19. The molecular weight excluding hydrogens is 249 g/mol. The Kier molecular flexibility index (Phi) is 6.03. The van der Waals surface area contributed by atoms with Gasteiger partial charge in [-0.25, -0.2) is 4.39 Å². The Hall–Kier alpha value is -0.890. The average molecular weight is 277 g/mol. The SMILES string of the molecule is CCC(NCCC1CCC(C)CC1)c1ccc(F)cc1. The normalized spacial score (nSPS) is 24.6. The van der Waals surface area contributed by atoms with Crippen LogP contribution < -0.4 is 5.32 Å². The molecule has 112 valence electrons. The largest absolute Gasteiger partial charge is 0.310 e. The fourth-order valence-electron chi connectivity index (χ4n) is 3.27. The van der Waals surface area contributed by atoms with E-state index in [1.165, 1.54) is 37.7 Å². The number of benzene rings is 1. The lowest BCUT2D eigenvalue weighted by molar-refractivity contribution is 0.272. The van der Waals surface area contributed by atoms with E-state index in [2.05, 4.69) is 19.2 Å². The zero-order chi connectivity index (χ0) is 14.4. The van der Waals surface area contributed by atoms with Gasteiger partial charge in [0.15, 0.2) is 0 Å². The summed E-state index contributed by atoms with van der Waals surface area (Å²) in [5.41, 5.74) is 1.20. The molecule has 1 aromatic rings. The molecule has 1 aliphatic carbocycles. The number of halogens is 1. The molecule has 20 heavy (non-hydrogen) atoms. The van der Waals surface area contributed by atoms with Crippen LogP contribution in [0, 0.1) is 17.7 Å². The van der Waals surface area contributed by atoms with E-state index in [1.807, 2.05) is 12.1 Å². The number of rotatable bonds is 6. The summed E-state index contributed by atoms with van der Waals surface area (Å²) in [6.07, 6.45) is 7.93. The molecule has 0 spiro atoms. The molecular formula is C18H28FN. The van der Waals surface area contributed by atoms with Gasteiger partial charge >= 0.3 is 0 Å². The number of nitrogens with one attached hydrogen (secondary N) is 1. The second-order valence-electron chi connectivity index (χ2n) is 6.38. The van der Waals surface area contributed by atoms with Crippen molar-refractivity contribution in [3.63, 3.8) is 0 Å². The third-order valence-electron chi connectivity index (χ3n) is 4.76. The molecule has 1 atom stereocenters. The van der Waals surface area contributed by atoms with Gasteiger partial charge in [0.25, 0.3) is 0 Å². The van der Waals surface area contributed by atoms with E-state index in [-0.39, 0.29) is 5.82 Å². The smallest absolute Gasteiger partial charge is 0.123 e. The molecule has 1 fully saturated rings. The maximum Gasteiger partial charge on any atom is 0.123 e. The summed E-state index contributed by atoms with van der Waals surface area (Å²) in [5, 5.41) is 3.64. The summed E-state index contributed by atoms with van der Waals surface area (Å²) in [6, 6.07) is 7.28. The van der Waals surface area contributed by atoms with E-state index in [4.69, 9.17) is 0 Å². The van der Waals surface area contributed by atoms with Crippen molar-refractivity contribution in [2.24, 2.45) is 11.8 Å². The molecule has 0 aromatic heterocycles. The van der Waals surface area contributed by atoms with Crippen molar-refractivity contribution in [2.45, 2.75) is 58.4 Å². The van der Waals surface area contributed by atoms with Gasteiger partial charge in [-0.15, -0.1) is 0 Å². The molecule has 1 unspecified atom stereocenters. The predicted molar refractivity (Wildman–Crippen MR) is 83.2 cm³/mol. The lowest BCUT2D eigenvalue weighted by Gasteiger charge is -2.27. The summed E-state index contributed by atoms with van der Waals surface area (Å²) < 4.78 is 13.0. The Morgan fingerprint density at radius 2 is 1.80 bits per heavy atom. The van der Waals surface area contributed by atoms with E-state index in [1.54, 1.807) is 12.1 Å². The van der Waals surface area contributed by atoms with Gasteiger partial charge in [0.1, 0.15) is 5.82 Å². The zero-order valence-corrected chi connectivity index (χ0v) is 12.9. The fourth-order valence-corrected chi connectivity index (χ4v) is 3.27. The minimum atomic E-state index is -0.153. The molecule has 0 saturated heterocycles. The molecule has 1 aliphatic rings. The van der Waals surface area contributed by atoms with E-state index >= 15 is 0 Å². The summed E-state index contributed by atoms with van der Waals surface area (Å²) >= 11 is 0. The van der Waals surface area contributed by atoms with Crippen molar-refractivity contribution < 1.29 is 4.39 Å². The minimum Gasteiger partial charge on any atom is -0.310 e. The van der Waals surface area contributed by atoms with Crippen LogP contribution in [0.15, 0.2) is 24.3 Å². The zero-order valence-electron chi connectivity index (χ0n) is 12.9. The van der Waals surface area contributed by atoms with Crippen LogP contribution in [0.1, 0.15) is 64.0 Å². The molecule has 0 heterocycles. The number of hydrogen-bond acceptors (Lipinski definition) is 1. The minimum absolute atomic E-state index is 0.153. The molecule has 0 radical (unpaired) electrons. The highest BCUT2D eigenvalue weighted by atomic mass is 19.1. The molecule has 0 bridgehead atoms. The van der Waals surface area contributed by atoms with Crippen LogP contribution in [0.4, 0.5) is 4.39 Å². The van der Waals surface area contributed by atoms with Crippen LogP contribution in [-0.2, 0) is 0 Å². The fraction of sp³-hybridized carbons (Fsp3) is 0.667. The molecule has 0 amide bonds. The number of hydrogen-bond donors (Lipinski definition) is 1. The Labute approximate surface area is 123 Å². The van der Waals surface area contributed by atoms with Crippen LogP contribution in [0.25, 0.3) is 0 Å². The van der Waals surface area contributed by atoms with Crippen molar-refractivity contribution in [3.05, 3.63) is 35.6 Å². The van der Waals surface area contributed by atoms with Gasteiger partial charge in [0.2, 0.25) is 0 Å². The first kappa shape index (κ1) is 15.5. The van der Waals surface area contributed by atoms with Gasteiger partial charge in [-0.2, -0.15) is 0 Å². The summed E-state index contributed by atoms with van der Waals surface area (Å²) in [7, 11) is 0. The third kappa shape index (κ3) is 4.59. The van der Waals surface area contributed by atoms with Crippen LogP contribution in [0.5, 0.6) is 0 Å². The van der Waals surface area contributed by atoms with Crippen LogP contribution in [0.3, 0.4) is 0 Å². The maximum absolute atomic E-state index is 13.0. The lowest BCUT2D eigenvalue weighted by atomic mass is 9.81. The monoisotopic (exact) mass is 277 g/mol. The van der Waals surface area contributed by atoms with Crippen LogP contribution >= 0.6 is 0 Å². The van der Waals surface area contributed by atoms with Gasteiger partial charge in [0.05, 0.1) is 0 Å². The second-order valence-corrected chi connectivity index (χ2v) is 6.38. The van der Waals surface area contributed by atoms with E-state index in [0.717, 1.165) is 24.8 Å². The molecule has 2 rings (SSSR count). The highest BCUT2D eigenvalue weighted by Crippen LogP contribution is 2.30. The van der Waals surface area contributed by atoms with Crippen LogP contribution in [0.2, 0.25) is 0 Å². The van der Waals surface area contributed by atoms with E-state index in [0.29, 0.717) is 6.04 Å². The Balaban J connectivity index is 1.75. The van der Waals surface area contributed by atoms with Gasteiger partial charge in [-0.1, -0.05) is 51.7 Å². The summed E-state index contributed by atoms with van der Waals surface area (Å²) in [6.45, 7) is 5.63. The van der Waals surface area contributed by atoms with Gasteiger partial charge < -0.3 is 5.32 Å². The molecule has 1 aromatic carbocycles. The van der Waals surface area contributed by atoms with E-state index in [9.17, 15) is 4.39 Å². The Morgan fingerprint density at radius 1 is 1.15 bits per heavy atom. The van der Waals surface area contributed by atoms with Crippen molar-refractivity contribution >= 4 is 0 Å². The van der Waals surface area contributed by atoms with Gasteiger partial charge in [-0.05, 0) is 48.9 Å². The van der Waals surface area contributed by atoms with E-state index < -0.39 is 0 Å². The molecule has 1 N–H and O–H groups in total. The van der Waals surface area contributed by atoms with Crippen molar-refractivity contribution in [3.8, 4) is 0 Å². The topological polar surface area (TPSA) is 12.0 Å². The lowest BCUT2D eigenvalue weighted by Crippen LogP contribution is -2.24. The highest BCUT2D eigenvalue weighted by Gasteiger charge is 2.18. The molecule has 2 heteroatoms. The van der Waals surface area contributed by atoms with Crippen molar-refractivity contribution in [1.29, 1.82) is 0 Å². The second kappa shape index (κ2) is 7.78. The summed E-state index contributed by atoms with van der Waals surface area (Å²) in [4.78, 5) is 0. The molecule has 0 aliphatic heterocycles. The third-order valence-corrected chi connectivity index (χ3v) is 4.76. The quantitative estimate of drug-likeness (QED) is 0.764. The first-order chi connectivity index (χ1) is 9.69. The van der Waals surface area contributed by atoms with Crippen molar-refractivity contribution in [1.82, 2.24) is 5.32 Å². The van der Waals surface area contributed by atoms with Gasteiger partial charge in [0, 0.05) is 6.04 Å². The maximum atomic E-state index is 13.0.